The van der Waals surface area contributed by atoms with Gasteiger partial charge in [-0.1, -0.05) is 17.7 Å². The summed E-state index contributed by atoms with van der Waals surface area (Å²) in [7, 11) is 1.66. The van der Waals surface area contributed by atoms with Crippen LogP contribution in [0.25, 0.3) is 0 Å². The first-order valence-electron chi connectivity index (χ1n) is 8.95. The number of rotatable bonds is 8. The second-order valence-corrected chi connectivity index (χ2v) is 6.49. The summed E-state index contributed by atoms with van der Waals surface area (Å²) in [4.78, 5) is 26.7. The molecule has 1 aliphatic heterocycles. The van der Waals surface area contributed by atoms with Crippen LogP contribution in [-0.2, 0) is 9.53 Å². The molecule has 1 unspecified atom stereocenters. The summed E-state index contributed by atoms with van der Waals surface area (Å²) in [6.45, 7) is 5.95. The Kier molecular flexibility index (Phi) is 7.88. The van der Waals surface area contributed by atoms with Gasteiger partial charge in [-0.3, -0.25) is 9.59 Å². The molecule has 0 saturated carbocycles. The average Bonchev–Trinajstić information content (AvgIpc) is 2.64. The van der Waals surface area contributed by atoms with Crippen molar-refractivity contribution in [1.29, 1.82) is 0 Å². The Bertz CT molecular complexity index is 560. The van der Waals surface area contributed by atoms with Crippen LogP contribution in [0.2, 0.25) is 0 Å². The van der Waals surface area contributed by atoms with E-state index in [2.05, 4.69) is 10.6 Å². The lowest BCUT2D eigenvalue weighted by molar-refractivity contribution is -0.126. The molecule has 0 aliphatic carbocycles. The van der Waals surface area contributed by atoms with Gasteiger partial charge in [0, 0.05) is 45.4 Å². The molecule has 1 aliphatic rings. The number of amides is 2. The van der Waals surface area contributed by atoms with Crippen molar-refractivity contribution in [3.63, 3.8) is 0 Å². The van der Waals surface area contributed by atoms with Crippen molar-refractivity contribution in [2.45, 2.75) is 19.8 Å². The molecular weight excluding hydrogens is 318 g/mol. The normalized spacial score (nSPS) is 17.4. The third kappa shape index (κ3) is 6.14. The van der Waals surface area contributed by atoms with Crippen LogP contribution >= 0.6 is 0 Å². The van der Waals surface area contributed by atoms with Gasteiger partial charge >= 0.3 is 0 Å². The van der Waals surface area contributed by atoms with Crippen molar-refractivity contribution in [1.82, 2.24) is 15.5 Å². The number of hydrogen-bond acceptors (Lipinski definition) is 4. The number of ether oxygens (including phenoxy) is 1. The number of benzene rings is 1. The van der Waals surface area contributed by atoms with Crippen molar-refractivity contribution in [2.75, 3.05) is 46.4 Å². The van der Waals surface area contributed by atoms with E-state index in [0.717, 1.165) is 31.5 Å². The van der Waals surface area contributed by atoms with Gasteiger partial charge in [-0.25, -0.2) is 0 Å². The van der Waals surface area contributed by atoms with E-state index in [1.54, 1.807) is 12.0 Å². The van der Waals surface area contributed by atoms with Crippen molar-refractivity contribution in [2.24, 2.45) is 5.92 Å². The fraction of sp³-hybridized carbons (Fsp3) is 0.579. The molecule has 0 spiro atoms. The number of hydrogen-bond donors (Lipinski definition) is 2. The molecule has 25 heavy (non-hydrogen) atoms. The third-order valence-electron chi connectivity index (χ3n) is 4.46. The first-order valence-corrected chi connectivity index (χ1v) is 8.95. The van der Waals surface area contributed by atoms with E-state index < -0.39 is 0 Å². The van der Waals surface area contributed by atoms with Gasteiger partial charge in [0.1, 0.15) is 0 Å². The highest BCUT2D eigenvalue weighted by Crippen LogP contribution is 2.19. The topological polar surface area (TPSA) is 70.7 Å². The Morgan fingerprint density at radius 1 is 1.20 bits per heavy atom. The second kappa shape index (κ2) is 10.2. The zero-order chi connectivity index (χ0) is 18.1. The molecule has 0 bridgehead atoms. The highest BCUT2D eigenvalue weighted by molar-refractivity contribution is 5.94. The number of aryl methyl sites for hydroxylation is 1. The van der Waals surface area contributed by atoms with Crippen LogP contribution < -0.4 is 10.6 Å². The summed E-state index contributed by atoms with van der Waals surface area (Å²) in [5, 5.41) is 6.15. The van der Waals surface area contributed by atoms with Crippen molar-refractivity contribution >= 4 is 11.8 Å². The number of methoxy groups -OCH3 is 1. The third-order valence-corrected chi connectivity index (χ3v) is 4.46. The lowest BCUT2D eigenvalue weighted by Gasteiger charge is -2.32. The molecule has 138 valence electrons. The maximum absolute atomic E-state index is 12.6. The summed E-state index contributed by atoms with van der Waals surface area (Å²) in [6.07, 6.45) is 1.70. The molecule has 6 heteroatoms. The lowest BCUT2D eigenvalue weighted by Crippen LogP contribution is -2.46. The molecule has 1 saturated heterocycles. The monoisotopic (exact) mass is 347 g/mol. The Labute approximate surface area is 149 Å². The predicted molar refractivity (Wildman–Crippen MR) is 97.6 cm³/mol. The smallest absolute Gasteiger partial charge is 0.253 e. The standard InChI is InChI=1S/C19H29N3O3/c1-15-5-7-16(8-6-15)19(24)22-12-3-4-17(14-22)18(23)21-10-9-20-11-13-25-2/h5-8,17,20H,3-4,9-14H2,1-2H3,(H,21,23). The van der Waals surface area contributed by atoms with E-state index in [0.29, 0.717) is 31.8 Å². The van der Waals surface area contributed by atoms with Crippen LogP contribution in [0.1, 0.15) is 28.8 Å². The highest BCUT2D eigenvalue weighted by atomic mass is 16.5. The van der Waals surface area contributed by atoms with Gasteiger partial charge in [0.15, 0.2) is 0 Å². The van der Waals surface area contributed by atoms with E-state index in [9.17, 15) is 9.59 Å². The SMILES string of the molecule is COCCNCCNC(=O)C1CCCN(C(=O)c2ccc(C)cc2)C1. The van der Waals surface area contributed by atoms with Crippen LogP contribution in [0.4, 0.5) is 0 Å². The fourth-order valence-corrected chi connectivity index (χ4v) is 2.97. The average molecular weight is 347 g/mol. The van der Waals surface area contributed by atoms with E-state index in [1.165, 1.54) is 0 Å². The van der Waals surface area contributed by atoms with E-state index in [1.807, 2.05) is 31.2 Å². The fourth-order valence-electron chi connectivity index (χ4n) is 2.97. The maximum atomic E-state index is 12.6. The lowest BCUT2D eigenvalue weighted by atomic mass is 9.96. The van der Waals surface area contributed by atoms with Crippen molar-refractivity contribution in [3.8, 4) is 0 Å². The van der Waals surface area contributed by atoms with Gasteiger partial charge < -0.3 is 20.3 Å². The largest absolute Gasteiger partial charge is 0.383 e. The number of carbonyl (C=O) groups excluding carboxylic acids is 2. The maximum Gasteiger partial charge on any atom is 0.253 e. The van der Waals surface area contributed by atoms with Crippen LogP contribution in [0.15, 0.2) is 24.3 Å². The predicted octanol–water partition coefficient (Wildman–Crippen LogP) is 1.20. The molecule has 1 heterocycles. The number of nitrogens with one attached hydrogen (secondary N) is 2. The van der Waals surface area contributed by atoms with Gasteiger partial charge in [-0.05, 0) is 31.9 Å². The second-order valence-electron chi connectivity index (χ2n) is 6.49. The summed E-state index contributed by atoms with van der Waals surface area (Å²) < 4.78 is 4.95. The molecule has 2 amide bonds. The molecule has 1 aromatic rings. The minimum Gasteiger partial charge on any atom is -0.383 e. The van der Waals surface area contributed by atoms with Gasteiger partial charge in [0.05, 0.1) is 12.5 Å². The minimum atomic E-state index is -0.123. The molecule has 1 atom stereocenters. The van der Waals surface area contributed by atoms with E-state index in [4.69, 9.17) is 4.74 Å². The zero-order valence-corrected chi connectivity index (χ0v) is 15.2. The number of piperidine rings is 1. The van der Waals surface area contributed by atoms with E-state index in [-0.39, 0.29) is 17.7 Å². The van der Waals surface area contributed by atoms with Crippen molar-refractivity contribution in [3.05, 3.63) is 35.4 Å². The molecule has 6 nitrogen and oxygen atoms in total. The Morgan fingerprint density at radius 2 is 1.96 bits per heavy atom. The summed E-state index contributed by atoms with van der Waals surface area (Å²) in [6, 6.07) is 7.59. The molecule has 2 rings (SSSR count). The number of nitrogens with zero attached hydrogens (tertiary/aromatic N) is 1. The number of carbonyl (C=O) groups is 2. The quantitative estimate of drug-likeness (QED) is 0.693. The van der Waals surface area contributed by atoms with Crippen molar-refractivity contribution < 1.29 is 14.3 Å². The molecule has 2 N–H and O–H groups in total. The Morgan fingerprint density at radius 3 is 2.68 bits per heavy atom. The first-order chi connectivity index (χ1) is 12.1. The van der Waals surface area contributed by atoms with Gasteiger partial charge in [-0.15, -0.1) is 0 Å². The Balaban J connectivity index is 1.78. The molecule has 0 aromatic heterocycles. The Hall–Kier alpha value is -1.92. The first kappa shape index (κ1) is 19.4. The number of likely N-dealkylation sites (tertiary alicyclic amines) is 1. The zero-order valence-electron chi connectivity index (χ0n) is 15.2. The minimum absolute atomic E-state index is 0.0127. The van der Waals surface area contributed by atoms with Crippen LogP contribution in [0.3, 0.4) is 0 Å². The summed E-state index contributed by atoms with van der Waals surface area (Å²) in [5.41, 5.74) is 1.82. The molecule has 0 radical (unpaired) electrons. The van der Waals surface area contributed by atoms with Crippen LogP contribution in [0.5, 0.6) is 0 Å². The molecular formula is C19H29N3O3. The van der Waals surface area contributed by atoms with Gasteiger partial charge in [-0.2, -0.15) is 0 Å². The highest BCUT2D eigenvalue weighted by Gasteiger charge is 2.28. The molecule has 1 aromatic carbocycles. The molecule has 1 fully saturated rings. The van der Waals surface area contributed by atoms with Crippen LogP contribution in [0, 0.1) is 12.8 Å². The van der Waals surface area contributed by atoms with Crippen LogP contribution in [-0.4, -0.2) is 63.2 Å². The van der Waals surface area contributed by atoms with Gasteiger partial charge in [0.25, 0.3) is 5.91 Å². The summed E-state index contributed by atoms with van der Waals surface area (Å²) >= 11 is 0. The van der Waals surface area contributed by atoms with Gasteiger partial charge in [0.2, 0.25) is 5.91 Å². The summed E-state index contributed by atoms with van der Waals surface area (Å²) in [5.74, 6) is -0.0733. The van der Waals surface area contributed by atoms with E-state index >= 15 is 0 Å².